The lowest BCUT2D eigenvalue weighted by Gasteiger charge is -2.14. The van der Waals surface area contributed by atoms with Crippen LogP contribution in [0.1, 0.15) is 34.8 Å². The van der Waals surface area contributed by atoms with Gasteiger partial charge in [0.25, 0.3) is 5.91 Å². The zero-order valence-corrected chi connectivity index (χ0v) is 15.2. The van der Waals surface area contributed by atoms with E-state index < -0.39 is 6.04 Å². The van der Waals surface area contributed by atoms with Crippen molar-refractivity contribution in [3.63, 3.8) is 0 Å². The van der Waals surface area contributed by atoms with Crippen LogP contribution < -0.4 is 15.8 Å². The van der Waals surface area contributed by atoms with Gasteiger partial charge in [0.05, 0.1) is 5.56 Å². The van der Waals surface area contributed by atoms with Gasteiger partial charge in [-0.3, -0.25) is 9.78 Å². The highest BCUT2D eigenvalue weighted by atomic mass is 16.5. The summed E-state index contributed by atoms with van der Waals surface area (Å²) in [5.41, 5.74) is 7.46. The molecule has 2 aromatic heterocycles. The third kappa shape index (κ3) is 4.48. The Bertz CT molecular complexity index is 911. The molecule has 1 amide bonds. The molecule has 0 aliphatic carbocycles. The van der Waals surface area contributed by atoms with Crippen molar-refractivity contribution in [2.45, 2.75) is 19.9 Å². The molecule has 0 saturated carbocycles. The molecule has 0 radical (unpaired) electrons. The first-order valence-corrected chi connectivity index (χ1v) is 8.58. The van der Waals surface area contributed by atoms with E-state index in [9.17, 15) is 4.79 Å². The van der Waals surface area contributed by atoms with Gasteiger partial charge in [-0.25, -0.2) is 0 Å². The summed E-state index contributed by atoms with van der Waals surface area (Å²) in [6.07, 6.45) is 1.65. The van der Waals surface area contributed by atoms with Crippen LogP contribution in [0.3, 0.4) is 0 Å². The van der Waals surface area contributed by atoms with Gasteiger partial charge < -0.3 is 20.3 Å². The highest BCUT2D eigenvalue weighted by Crippen LogP contribution is 2.22. The molecule has 0 saturated heterocycles. The average molecular weight is 367 g/mol. The molecule has 8 heteroatoms. The lowest BCUT2D eigenvalue weighted by molar-refractivity contribution is 0.0928. The van der Waals surface area contributed by atoms with Crippen molar-refractivity contribution < 1.29 is 14.1 Å². The maximum absolute atomic E-state index is 12.7. The van der Waals surface area contributed by atoms with Crippen LogP contribution in [0.4, 0.5) is 0 Å². The largest absolute Gasteiger partial charge is 0.491 e. The first-order chi connectivity index (χ1) is 13.1. The molecule has 3 N–H and O–H groups in total. The first kappa shape index (κ1) is 18.5. The number of hydrogen-bond donors (Lipinski definition) is 2. The number of pyridine rings is 1. The van der Waals surface area contributed by atoms with E-state index in [1.165, 1.54) is 0 Å². The summed E-state index contributed by atoms with van der Waals surface area (Å²) >= 11 is 0. The highest BCUT2D eigenvalue weighted by molar-refractivity contribution is 5.97. The van der Waals surface area contributed by atoms with Crippen LogP contribution in [0.15, 0.2) is 47.1 Å². The quantitative estimate of drug-likeness (QED) is 0.658. The number of amides is 1. The zero-order valence-electron chi connectivity index (χ0n) is 15.2. The molecule has 2 heterocycles. The topological polar surface area (TPSA) is 116 Å². The number of nitrogens with two attached hydrogens (primary N) is 1. The second-order valence-electron chi connectivity index (χ2n) is 6.00. The van der Waals surface area contributed by atoms with Gasteiger partial charge in [0.15, 0.2) is 0 Å². The zero-order chi connectivity index (χ0) is 19.2. The lowest BCUT2D eigenvalue weighted by atomic mass is 10.1. The third-order valence-electron chi connectivity index (χ3n) is 3.81. The van der Waals surface area contributed by atoms with Gasteiger partial charge in [-0.1, -0.05) is 22.9 Å². The smallest absolute Gasteiger partial charge is 0.255 e. The number of carbonyl (C=O) groups is 1. The van der Waals surface area contributed by atoms with Gasteiger partial charge in [-0.2, -0.15) is 4.98 Å². The summed E-state index contributed by atoms with van der Waals surface area (Å²) in [5.74, 6) is 0.849. The fourth-order valence-corrected chi connectivity index (χ4v) is 2.46. The lowest BCUT2D eigenvalue weighted by Crippen LogP contribution is -2.27. The number of carbonyl (C=O) groups excluding carboxylic acids is 1. The minimum Gasteiger partial charge on any atom is -0.491 e. The molecule has 0 aliphatic rings. The monoisotopic (exact) mass is 367 g/mol. The van der Waals surface area contributed by atoms with Gasteiger partial charge in [0.2, 0.25) is 11.7 Å². The van der Waals surface area contributed by atoms with Crippen molar-refractivity contribution >= 4 is 5.91 Å². The van der Waals surface area contributed by atoms with Gasteiger partial charge in [-0.05, 0) is 38.1 Å². The molecule has 0 aliphatic heterocycles. The summed E-state index contributed by atoms with van der Waals surface area (Å²) < 4.78 is 10.8. The molecule has 0 fully saturated rings. The van der Waals surface area contributed by atoms with Crippen molar-refractivity contribution in [2.75, 3.05) is 13.2 Å². The molecule has 27 heavy (non-hydrogen) atoms. The van der Waals surface area contributed by atoms with Crippen LogP contribution in [0.2, 0.25) is 0 Å². The minimum atomic E-state index is -0.481. The molecule has 3 aromatic rings. The first-order valence-electron chi connectivity index (χ1n) is 8.58. The van der Waals surface area contributed by atoms with E-state index in [0.717, 1.165) is 5.56 Å². The van der Waals surface area contributed by atoms with Crippen LogP contribution in [-0.2, 0) is 0 Å². The number of aromatic nitrogens is 3. The SMILES string of the molecule is Cc1ccc(OCCN)c(C(=O)NC(C)c2nc(-c3ccccn3)no2)c1. The maximum Gasteiger partial charge on any atom is 0.255 e. The van der Waals surface area contributed by atoms with Crippen LogP contribution >= 0.6 is 0 Å². The fraction of sp³-hybridized carbons (Fsp3) is 0.263. The summed E-state index contributed by atoms with van der Waals surface area (Å²) in [7, 11) is 0. The fourth-order valence-electron chi connectivity index (χ4n) is 2.46. The Morgan fingerprint density at radius 3 is 2.93 bits per heavy atom. The molecule has 140 valence electrons. The molecule has 1 aromatic carbocycles. The van der Waals surface area contributed by atoms with E-state index in [2.05, 4.69) is 20.4 Å². The number of benzene rings is 1. The highest BCUT2D eigenvalue weighted by Gasteiger charge is 2.20. The number of hydrogen-bond acceptors (Lipinski definition) is 7. The van der Waals surface area contributed by atoms with Crippen LogP contribution in [0.5, 0.6) is 5.75 Å². The molecular weight excluding hydrogens is 346 g/mol. The Labute approximate surface area is 156 Å². The van der Waals surface area contributed by atoms with E-state index in [-0.39, 0.29) is 5.91 Å². The molecule has 3 rings (SSSR count). The Morgan fingerprint density at radius 1 is 1.33 bits per heavy atom. The Hall–Kier alpha value is -3.26. The number of nitrogens with one attached hydrogen (secondary N) is 1. The van der Waals surface area contributed by atoms with E-state index in [1.54, 1.807) is 37.4 Å². The van der Waals surface area contributed by atoms with Gasteiger partial charge in [-0.15, -0.1) is 0 Å². The Kier molecular flexibility index (Phi) is 5.77. The second-order valence-corrected chi connectivity index (χ2v) is 6.00. The standard InChI is InChI=1S/C19H21N5O3/c1-12-6-7-16(26-10-8-20)14(11-12)18(25)22-13(2)19-23-17(24-27-19)15-5-3-4-9-21-15/h3-7,9,11,13H,8,10,20H2,1-2H3,(H,22,25). The van der Waals surface area contributed by atoms with Crippen LogP contribution in [-0.4, -0.2) is 34.2 Å². The molecule has 0 spiro atoms. The van der Waals surface area contributed by atoms with Crippen molar-refractivity contribution in [1.82, 2.24) is 20.4 Å². The molecule has 1 unspecified atom stereocenters. The predicted octanol–water partition coefficient (Wildman–Crippen LogP) is 2.27. The maximum atomic E-state index is 12.7. The number of rotatable bonds is 7. The van der Waals surface area contributed by atoms with Gasteiger partial charge in [0.1, 0.15) is 24.1 Å². The van der Waals surface area contributed by atoms with E-state index in [0.29, 0.717) is 41.9 Å². The Balaban J connectivity index is 1.75. The normalized spacial score (nSPS) is 11.8. The van der Waals surface area contributed by atoms with Crippen molar-refractivity contribution in [3.05, 3.63) is 59.6 Å². The van der Waals surface area contributed by atoms with E-state index in [1.807, 2.05) is 19.1 Å². The summed E-state index contributed by atoms with van der Waals surface area (Å²) in [5, 5.41) is 6.78. The molecule has 8 nitrogen and oxygen atoms in total. The van der Waals surface area contributed by atoms with E-state index in [4.69, 9.17) is 15.0 Å². The average Bonchev–Trinajstić information content (AvgIpc) is 3.18. The molecular formula is C19H21N5O3. The summed E-state index contributed by atoms with van der Waals surface area (Å²) in [4.78, 5) is 21.2. The van der Waals surface area contributed by atoms with Crippen LogP contribution in [0.25, 0.3) is 11.5 Å². The van der Waals surface area contributed by atoms with Gasteiger partial charge in [0, 0.05) is 12.7 Å². The van der Waals surface area contributed by atoms with Crippen molar-refractivity contribution in [1.29, 1.82) is 0 Å². The predicted molar refractivity (Wildman–Crippen MR) is 99.1 cm³/mol. The number of ether oxygens (including phenoxy) is 1. The van der Waals surface area contributed by atoms with Crippen molar-refractivity contribution in [3.8, 4) is 17.3 Å². The van der Waals surface area contributed by atoms with Crippen molar-refractivity contribution in [2.24, 2.45) is 5.73 Å². The number of aryl methyl sites for hydroxylation is 1. The minimum absolute atomic E-state index is 0.293. The Morgan fingerprint density at radius 2 is 2.19 bits per heavy atom. The number of nitrogens with zero attached hydrogens (tertiary/aromatic N) is 3. The van der Waals surface area contributed by atoms with Gasteiger partial charge >= 0.3 is 0 Å². The molecule has 0 bridgehead atoms. The van der Waals surface area contributed by atoms with E-state index >= 15 is 0 Å². The third-order valence-corrected chi connectivity index (χ3v) is 3.81. The summed E-state index contributed by atoms with van der Waals surface area (Å²) in [6.45, 7) is 4.37. The molecule has 1 atom stereocenters. The summed E-state index contributed by atoms with van der Waals surface area (Å²) in [6, 6.07) is 10.3. The van der Waals surface area contributed by atoms with Crippen LogP contribution in [0, 0.1) is 6.92 Å². The second kappa shape index (κ2) is 8.41.